The summed E-state index contributed by atoms with van der Waals surface area (Å²) in [6.45, 7) is 6.22. The van der Waals surface area contributed by atoms with Crippen LogP contribution in [-0.2, 0) is 4.74 Å². The number of para-hydroxylation sites is 1. The van der Waals surface area contributed by atoms with E-state index in [2.05, 4.69) is 0 Å². The molecule has 0 N–H and O–H groups in total. The second kappa shape index (κ2) is 5.75. The molecule has 0 unspecified atom stereocenters. The van der Waals surface area contributed by atoms with Crippen LogP contribution in [0.15, 0.2) is 36.5 Å². The molecule has 108 valence electrons. The summed E-state index contributed by atoms with van der Waals surface area (Å²) < 4.78 is 5.42. The van der Waals surface area contributed by atoms with Gasteiger partial charge in [0.15, 0.2) is 0 Å². The third-order valence-electron chi connectivity index (χ3n) is 2.73. The number of hydrogen-bond acceptors (Lipinski definition) is 3. The summed E-state index contributed by atoms with van der Waals surface area (Å²) in [5.41, 5.74) is 0.263. The third-order valence-corrected chi connectivity index (χ3v) is 3.04. The fraction of sp³-hybridized carbons (Fsp3) is 0.400. The van der Waals surface area contributed by atoms with E-state index < -0.39 is 11.7 Å². The Kier molecular flexibility index (Phi) is 4.23. The quantitative estimate of drug-likeness (QED) is 0.777. The van der Waals surface area contributed by atoms with Crippen LogP contribution in [-0.4, -0.2) is 23.2 Å². The summed E-state index contributed by atoms with van der Waals surface area (Å²) >= 11 is 6.22. The van der Waals surface area contributed by atoms with E-state index in [1.54, 1.807) is 6.20 Å². The van der Waals surface area contributed by atoms with Crippen molar-refractivity contribution < 1.29 is 9.53 Å². The minimum atomic E-state index is -0.533. The number of carbonyl (C=O) groups excluding carboxylic acids is 1. The van der Waals surface area contributed by atoms with Gasteiger partial charge in [-0.2, -0.15) is 5.01 Å². The van der Waals surface area contributed by atoms with Gasteiger partial charge in [0.2, 0.25) is 0 Å². The lowest BCUT2D eigenvalue weighted by Crippen LogP contribution is -2.47. The molecule has 1 heterocycles. The molecule has 5 heteroatoms. The molecular formula is C15H19ClN2O2. The number of carbonyl (C=O) groups is 1. The van der Waals surface area contributed by atoms with Gasteiger partial charge >= 0.3 is 6.09 Å². The first-order valence-corrected chi connectivity index (χ1v) is 6.97. The molecular weight excluding hydrogens is 276 g/mol. The molecule has 0 saturated heterocycles. The monoisotopic (exact) mass is 294 g/mol. The van der Waals surface area contributed by atoms with Crippen molar-refractivity contribution in [3.63, 3.8) is 0 Å². The average molecular weight is 295 g/mol. The highest BCUT2D eigenvalue weighted by Crippen LogP contribution is 2.29. The molecule has 0 aliphatic carbocycles. The number of amides is 1. The van der Waals surface area contributed by atoms with E-state index >= 15 is 0 Å². The summed E-state index contributed by atoms with van der Waals surface area (Å²) in [4.78, 5) is 12.3. The van der Waals surface area contributed by atoms with E-state index in [9.17, 15) is 4.79 Å². The largest absolute Gasteiger partial charge is 0.442 e. The zero-order chi connectivity index (χ0) is 14.8. The van der Waals surface area contributed by atoms with Crippen molar-refractivity contribution in [2.75, 3.05) is 11.6 Å². The first kappa shape index (κ1) is 14.7. The maximum Gasteiger partial charge on any atom is 0.433 e. The van der Waals surface area contributed by atoms with E-state index in [0.717, 1.165) is 12.1 Å². The van der Waals surface area contributed by atoms with Crippen molar-refractivity contribution >= 4 is 23.4 Å². The Labute approximate surface area is 124 Å². The second-order valence-electron chi connectivity index (χ2n) is 5.57. The van der Waals surface area contributed by atoms with Gasteiger partial charge in [0, 0.05) is 12.7 Å². The molecule has 0 bridgehead atoms. The molecule has 0 aromatic heterocycles. The Morgan fingerprint density at radius 3 is 2.65 bits per heavy atom. The normalized spacial score (nSPS) is 15.4. The number of hydrazine groups is 1. The topological polar surface area (TPSA) is 32.8 Å². The lowest BCUT2D eigenvalue weighted by Gasteiger charge is -2.37. The Bertz CT molecular complexity index is 523. The maximum absolute atomic E-state index is 12.3. The highest BCUT2D eigenvalue weighted by Gasteiger charge is 2.28. The van der Waals surface area contributed by atoms with Crippen LogP contribution in [0.2, 0.25) is 5.02 Å². The summed E-state index contributed by atoms with van der Waals surface area (Å²) in [6.07, 6.45) is 4.11. The van der Waals surface area contributed by atoms with Gasteiger partial charge in [0.1, 0.15) is 5.60 Å². The van der Waals surface area contributed by atoms with E-state index in [1.807, 2.05) is 56.1 Å². The summed E-state index contributed by atoms with van der Waals surface area (Å²) in [5, 5.41) is 3.91. The molecule has 0 saturated carbocycles. The number of ether oxygens (including phenoxy) is 1. The average Bonchev–Trinajstić information content (AvgIpc) is 2.37. The zero-order valence-electron chi connectivity index (χ0n) is 12.0. The number of rotatable bonds is 1. The van der Waals surface area contributed by atoms with Gasteiger partial charge in [0.05, 0.1) is 10.7 Å². The van der Waals surface area contributed by atoms with Crippen molar-refractivity contribution in [2.45, 2.75) is 32.8 Å². The van der Waals surface area contributed by atoms with Crippen LogP contribution in [0.3, 0.4) is 0 Å². The van der Waals surface area contributed by atoms with Crippen LogP contribution in [0.5, 0.6) is 0 Å². The van der Waals surface area contributed by atoms with Crippen molar-refractivity contribution in [3.8, 4) is 0 Å². The molecule has 0 spiro atoms. The first-order chi connectivity index (χ1) is 9.38. The fourth-order valence-electron chi connectivity index (χ4n) is 1.93. The van der Waals surface area contributed by atoms with Gasteiger partial charge in [-0.05, 0) is 39.3 Å². The molecule has 4 nitrogen and oxygen atoms in total. The third kappa shape index (κ3) is 3.45. The Hall–Kier alpha value is -1.68. The highest BCUT2D eigenvalue weighted by molar-refractivity contribution is 6.33. The van der Waals surface area contributed by atoms with Gasteiger partial charge in [-0.1, -0.05) is 29.8 Å². The van der Waals surface area contributed by atoms with Crippen molar-refractivity contribution in [3.05, 3.63) is 41.6 Å². The smallest absolute Gasteiger partial charge is 0.433 e. The Morgan fingerprint density at radius 2 is 2.00 bits per heavy atom. The summed E-state index contributed by atoms with van der Waals surface area (Å²) in [5.74, 6) is 0. The molecule has 1 aromatic rings. The number of nitrogens with zero attached hydrogens (tertiary/aromatic N) is 2. The lowest BCUT2D eigenvalue weighted by molar-refractivity contribution is 0.0309. The van der Waals surface area contributed by atoms with E-state index in [0.29, 0.717) is 11.6 Å². The number of benzene rings is 1. The van der Waals surface area contributed by atoms with Crippen LogP contribution < -0.4 is 5.01 Å². The standard InChI is InChI=1S/C15H19ClN2O2/c1-15(2,3)20-14(19)18-11-7-6-10-17(18)13-9-5-4-8-12(13)16/h4-5,7-9,11H,6,10H2,1-3H3. The predicted molar refractivity (Wildman–Crippen MR) is 80.6 cm³/mol. The summed E-state index contributed by atoms with van der Waals surface area (Å²) in [6, 6.07) is 7.46. The number of anilines is 1. The van der Waals surface area contributed by atoms with Crippen molar-refractivity contribution in [1.82, 2.24) is 5.01 Å². The molecule has 0 atom stereocenters. The molecule has 2 rings (SSSR count). The van der Waals surface area contributed by atoms with Crippen LogP contribution in [0.1, 0.15) is 27.2 Å². The van der Waals surface area contributed by atoms with Crippen molar-refractivity contribution in [2.24, 2.45) is 0 Å². The molecule has 0 fully saturated rings. The van der Waals surface area contributed by atoms with Gasteiger partial charge in [-0.25, -0.2) is 4.79 Å². The Balaban J connectivity index is 2.26. The van der Waals surface area contributed by atoms with Gasteiger partial charge in [-0.3, -0.25) is 5.01 Å². The minimum Gasteiger partial charge on any atom is -0.442 e. The lowest BCUT2D eigenvalue weighted by atomic mass is 10.2. The van der Waals surface area contributed by atoms with Gasteiger partial charge < -0.3 is 4.74 Å². The van der Waals surface area contributed by atoms with Gasteiger partial charge in [0.25, 0.3) is 0 Å². The summed E-state index contributed by atoms with van der Waals surface area (Å²) in [7, 11) is 0. The SMILES string of the molecule is CC(C)(C)OC(=O)N1C=CCCN1c1ccccc1Cl. The molecule has 1 aromatic carbocycles. The van der Waals surface area contributed by atoms with Gasteiger partial charge in [-0.15, -0.1) is 0 Å². The van der Waals surface area contributed by atoms with Crippen LogP contribution >= 0.6 is 11.6 Å². The molecule has 20 heavy (non-hydrogen) atoms. The Morgan fingerprint density at radius 1 is 1.30 bits per heavy atom. The van der Waals surface area contributed by atoms with Crippen LogP contribution in [0.4, 0.5) is 10.5 Å². The molecule has 0 radical (unpaired) electrons. The first-order valence-electron chi connectivity index (χ1n) is 6.59. The van der Waals surface area contributed by atoms with E-state index in [1.165, 1.54) is 5.01 Å². The minimum absolute atomic E-state index is 0.409. The van der Waals surface area contributed by atoms with E-state index in [-0.39, 0.29) is 0 Å². The molecule has 1 amide bonds. The predicted octanol–water partition coefficient (Wildman–Crippen LogP) is 4.22. The molecule has 1 aliphatic heterocycles. The highest BCUT2D eigenvalue weighted by atomic mass is 35.5. The van der Waals surface area contributed by atoms with Crippen molar-refractivity contribution in [1.29, 1.82) is 0 Å². The molecule has 1 aliphatic rings. The number of halogens is 1. The second-order valence-corrected chi connectivity index (χ2v) is 5.98. The fourth-order valence-corrected chi connectivity index (χ4v) is 2.16. The van der Waals surface area contributed by atoms with Crippen LogP contribution in [0, 0.1) is 0 Å². The number of hydrogen-bond donors (Lipinski definition) is 0. The van der Waals surface area contributed by atoms with Crippen LogP contribution in [0.25, 0.3) is 0 Å². The van der Waals surface area contributed by atoms with E-state index in [4.69, 9.17) is 16.3 Å². The zero-order valence-corrected chi connectivity index (χ0v) is 12.7. The maximum atomic E-state index is 12.3.